The second-order valence-electron chi connectivity index (χ2n) is 3.15. The zero-order valence-electron chi connectivity index (χ0n) is 8.99. The minimum Gasteiger partial charge on any atom is -0.336 e. The zero-order valence-corrected chi connectivity index (χ0v) is 9.81. The van der Waals surface area contributed by atoms with Gasteiger partial charge in [0, 0.05) is 31.5 Å². The van der Waals surface area contributed by atoms with Crippen molar-refractivity contribution in [2.75, 3.05) is 25.1 Å². The fourth-order valence-corrected chi connectivity index (χ4v) is 1.85. The number of nitrogens with one attached hydrogen (secondary N) is 1. The van der Waals surface area contributed by atoms with E-state index in [9.17, 15) is 0 Å². The molecule has 1 N–H and O–H groups in total. The van der Waals surface area contributed by atoms with Crippen molar-refractivity contribution >= 4 is 11.8 Å². The Bertz CT molecular complexity index is 247. The van der Waals surface area contributed by atoms with Gasteiger partial charge in [0.2, 0.25) is 0 Å². The molecule has 0 aliphatic rings. The van der Waals surface area contributed by atoms with Crippen LogP contribution in [0, 0.1) is 0 Å². The Balaban J connectivity index is 2.27. The lowest BCUT2D eigenvalue weighted by atomic mass is 10.3. The fraction of sp³-hybridized carbons (Fsp3) is 0.700. The van der Waals surface area contributed by atoms with E-state index in [-0.39, 0.29) is 0 Å². The van der Waals surface area contributed by atoms with E-state index in [1.165, 1.54) is 17.2 Å². The van der Waals surface area contributed by atoms with Crippen LogP contribution in [-0.4, -0.2) is 34.6 Å². The Morgan fingerprint density at radius 2 is 2.43 bits per heavy atom. The first-order valence-electron chi connectivity index (χ1n) is 5.09. The molecule has 3 nitrogen and oxygen atoms in total. The number of rotatable bonds is 7. The minimum absolute atomic E-state index is 1.00. The number of hydrogen-bond donors (Lipinski definition) is 1. The van der Waals surface area contributed by atoms with E-state index in [2.05, 4.69) is 28.0 Å². The van der Waals surface area contributed by atoms with Crippen molar-refractivity contribution in [3.05, 3.63) is 18.2 Å². The Labute approximate surface area is 90.3 Å². The normalized spacial score (nSPS) is 10.7. The van der Waals surface area contributed by atoms with Crippen LogP contribution in [0.15, 0.2) is 12.5 Å². The minimum atomic E-state index is 1.00. The Hall–Kier alpha value is -0.480. The highest BCUT2D eigenvalue weighted by Gasteiger charge is 1.97. The van der Waals surface area contributed by atoms with Gasteiger partial charge in [0.25, 0.3) is 0 Å². The van der Waals surface area contributed by atoms with Gasteiger partial charge >= 0.3 is 0 Å². The topological polar surface area (TPSA) is 29.9 Å². The summed E-state index contributed by atoms with van der Waals surface area (Å²) in [5.74, 6) is 2.37. The lowest BCUT2D eigenvalue weighted by Gasteiger charge is -1.99. The van der Waals surface area contributed by atoms with Crippen LogP contribution in [0.2, 0.25) is 0 Å². The van der Waals surface area contributed by atoms with Gasteiger partial charge in [-0.05, 0) is 12.8 Å². The highest BCUT2D eigenvalue weighted by Crippen LogP contribution is 2.02. The van der Waals surface area contributed by atoms with Gasteiger partial charge < -0.3 is 9.88 Å². The highest BCUT2D eigenvalue weighted by atomic mass is 32.2. The molecule has 80 valence electrons. The molecule has 0 saturated heterocycles. The van der Waals surface area contributed by atoms with E-state index in [0.29, 0.717) is 0 Å². The smallest absolute Gasteiger partial charge is 0.0949 e. The number of likely N-dealkylation sites (N-methyl/N-ethyl adjacent to an activating group) is 1. The van der Waals surface area contributed by atoms with Crippen molar-refractivity contribution in [2.24, 2.45) is 0 Å². The van der Waals surface area contributed by atoms with Gasteiger partial charge in [-0.15, -0.1) is 0 Å². The summed E-state index contributed by atoms with van der Waals surface area (Å²) in [4.78, 5) is 4.35. The first-order valence-corrected chi connectivity index (χ1v) is 6.25. The predicted molar refractivity (Wildman–Crippen MR) is 62.9 cm³/mol. The molecule has 0 aromatic carbocycles. The number of aromatic nitrogens is 2. The van der Waals surface area contributed by atoms with Gasteiger partial charge in [0.05, 0.1) is 12.0 Å². The Morgan fingerprint density at radius 3 is 3.14 bits per heavy atom. The molecule has 1 heterocycles. The van der Waals surface area contributed by atoms with Crippen LogP contribution in [0.25, 0.3) is 0 Å². The van der Waals surface area contributed by atoms with Gasteiger partial charge in [0.1, 0.15) is 0 Å². The molecule has 0 fully saturated rings. The molecule has 0 aliphatic carbocycles. The zero-order chi connectivity index (χ0) is 10.2. The molecule has 0 unspecified atom stereocenters. The fourth-order valence-electron chi connectivity index (χ4n) is 1.23. The lowest BCUT2D eigenvalue weighted by Crippen LogP contribution is -2.10. The maximum atomic E-state index is 4.35. The van der Waals surface area contributed by atoms with Crippen molar-refractivity contribution in [1.29, 1.82) is 0 Å². The van der Waals surface area contributed by atoms with E-state index in [4.69, 9.17) is 0 Å². The van der Waals surface area contributed by atoms with Crippen LogP contribution in [0.1, 0.15) is 12.6 Å². The van der Waals surface area contributed by atoms with E-state index >= 15 is 0 Å². The summed E-state index contributed by atoms with van der Waals surface area (Å²) in [6, 6.07) is 0. The summed E-state index contributed by atoms with van der Waals surface area (Å²) in [6.07, 6.45) is 5.10. The van der Waals surface area contributed by atoms with E-state index in [1.807, 2.05) is 25.1 Å². The number of hydrogen-bond acceptors (Lipinski definition) is 3. The molecule has 1 aromatic rings. The molecule has 0 spiro atoms. The molecule has 0 aliphatic heterocycles. The van der Waals surface area contributed by atoms with Crippen molar-refractivity contribution in [2.45, 2.75) is 19.9 Å². The number of imidazole rings is 1. The molecule has 0 saturated carbocycles. The molecule has 0 amide bonds. The summed E-state index contributed by atoms with van der Waals surface area (Å²) in [5.41, 5.74) is 1.18. The molecule has 1 aromatic heterocycles. The molecule has 4 heteroatoms. The molecule has 0 radical (unpaired) electrons. The van der Waals surface area contributed by atoms with Gasteiger partial charge in [-0.3, -0.25) is 0 Å². The monoisotopic (exact) mass is 213 g/mol. The third kappa shape index (κ3) is 4.15. The second kappa shape index (κ2) is 6.90. The quantitative estimate of drug-likeness (QED) is 0.694. The molecule has 0 atom stereocenters. The summed E-state index contributed by atoms with van der Waals surface area (Å²) >= 11 is 1.97. The van der Waals surface area contributed by atoms with Crippen LogP contribution in [0.4, 0.5) is 0 Å². The van der Waals surface area contributed by atoms with Crippen molar-refractivity contribution in [3.63, 3.8) is 0 Å². The molecular formula is C10H19N3S. The lowest BCUT2D eigenvalue weighted by molar-refractivity contribution is 0.762. The SMILES string of the molecule is CCSCCn1cnc(CCNC)c1. The molecule has 14 heavy (non-hydrogen) atoms. The van der Waals surface area contributed by atoms with Crippen molar-refractivity contribution < 1.29 is 0 Å². The van der Waals surface area contributed by atoms with Gasteiger partial charge in [-0.2, -0.15) is 11.8 Å². The first kappa shape index (κ1) is 11.6. The van der Waals surface area contributed by atoms with Crippen LogP contribution < -0.4 is 5.32 Å². The summed E-state index contributed by atoms with van der Waals surface area (Å²) < 4.78 is 2.17. The van der Waals surface area contributed by atoms with E-state index in [0.717, 1.165) is 19.5 Å². The number of nitrogens with zero attached hydrogens (tertiary/aromatic N) is 2. The van der Waals surface area contributed by atoms with Gasteiger partial charge in [0.15, 0.2) is 0 Å². The van der Waals surface area contributed by atoms with E-state index in [1.54, 1.807) is 0 Å². The van der Waals surface area contributed by atoms with Crippen LogP contribution in [-0.2, 0) is 13.0 Å². The third-order valence-corrected chi connectivity index (χ3v) is 2.90. The Morgan fingerprint density at radius 1 is 1.57 bits per heavy atom. The number of thioether (sulfide) groups is 1. The average Bonchev–Trinajstić information content (AvgIpc) is 2.63. The van der Waals surface area contributed by atoms with E-state index < -0.39 is 0 Å². The molecule has 0 bridgehead atoms. The standard InChI is InChI=1S/C10H19N3S/c1-3-14-7-6-13-8-10(12-9-13)4-5-11-2/h8-9,11H,3-7H2,1-2H3. The average molecular weight is 213 g/mol. The largest absolute Gasteiger partial charge is 0.336 e. The summed E-state index contributed by atoms with van der Waals surface area (Å²) in [5, 5.41) is 3.12. The molecular weight excluding hydrogens is 194 g/mol. The third-order valence-electron chi connectivity index (χ3n) is 2.02. The maximum Gasteiger partial charge on any atom is 0.0949 e. The maximum absolute atomic E-state index is 4.35. The molecule has 1 rings (SSSR count). The van der Waals surface area contributed by atoms with Crippen LogP contribution in [0.3, 0.4) is 0 Å². The second-order valence-corrected chi connectivity index (χ2v) is 4.55. The van der Waals surface area contributed by atoms with Crippen molar-refractivity contribution in [3.8, 4) is 0 Å². The van der Waals surface area contributed by atoms with Crippen LogP contribution in [0.5, 0.6) is 0 Å². The number of aryl methyl sites for hydroxylation is 1. The highest BCUT2D eigenvalue weighted by molar-refractivity contribution is 7.99. The predicted octanol–water partition coefficient (Wildman–Crippen LogP) is 1.40. The summed E-state index contributed by atoms with van der Waals surface area (Å²) in [6.45, 7) is 4.27. The Kier molecular flexibility index (Phi) is 5.71. The summed E-state index contributed by atoms with van der Waals surface area (Å²) in [7, 11) is 1.97. The van der Waals surface area contributed by atoms with Gasteiger partial charge in [-0.25, -0.2) is 4.98 Å². The van der Waals surface area contributed by atoms with Crippen LogP contribution >= 0.6 is 11.8 Å². The first-order chi connectivity index (χ1) is 6.86. The van der Waals surface area contributed by atoms with Gasteiger partial charge in [-0.1, -0.05) is 6.92 Å². The van der Waals surface area contributed by atoms with Crippen molar-refractivity contribution in [1.82, 2.24) is 14.9 Å².